The summed E-state index contributed by atoms with van der Waals surface area (Å²) in [5.74, 6) is 0.466. The van der Waals surface area contributed by atoms with Crippen LogP contribution in [0.1, 0.15) is 40.5 Å². The average Bonchev–Trinajstić information content (AvgIpc) is 3.03. The maximum Gasteiger partial charge on any atom is 0.410 e. The number of nitrogens with zero attached hydrogens (tertiary/aromatic N) is 2. The van der Waals surface area contributed by atoms with E-state index in [0.717, 1.165) is 12.8 Å². The van der Waals surface area contributed by atoms with Gasteiger partial charge in [0.15, 0.2) is 0 Å². The minimum absolute atomic E-state index is 0.206. The Morgan fingerprint density at radius 3 is 2.32 bits per heavy atom. The molecule has 0 aromatic heterocycles. The molecule has 1 aliphatic heterocycles. The van der Waals surface area contributed by atoms with Gasteiger partial charge >= 0.3 is 6.09 Å². The highest BCUT2D eigenvalue weighted by atomic mass is 16.6. The smallest absolute Gasteiger partial charge is 0.410 e. The minimum atomic E-state index is -0.454. The van der Waals surface area contributed by atoms with E-state index in [-0.39, 0.29) is 12.1 Å². The predicted molar refractivity (Wildman–Crippen MR) is 71.5 cm³/mol. The van der Waals surface area contributed by atoms with Crippen LogP contribution in [0, 0.1) is 17.2 Å². The van der Waals surface area contributed by atoms with Crippen LogP contribution in [-0.2, 0) is 4.74 Å². The number of nitriles is 1. The molecule has 1 heterocycles. The first-order valence-electron chi connectivity index (χ1n) is 6.90. The van der Waals surface area contributed by atoms with Crippen molar-refractivity contribution in [2.24, 2.45) is 5.92 Å². The standard InChI is InChI=1S/C14H23N3O2/c1-13(2,3)19-12(18)17-7-11(8-17)16-14(4,9-15)10-5-6-10/h10-11,16H,5-8H2,1-4H3/t14-/m0/s1. The zero-order valence-corrected chi connectivity index (χ0v) is 12.2. The fourth-order valence-corrected chi connectivity index (χ4v) is 2.37. The van der Waals surface area contributed by atoms with Crippen LogP contribution in [0.15, 0.2) is 0 Å². The first-order chi connectivity index (χ1) is 8.73. The molecular formula is C14H23N3O2. The third-order valence-electron chi connectivity index (χ3n) is 3.66. The Balaban J connectivity index is 1.77. The van der Waals surface area contributed by atoms with Crippen molar-refractivity contribution in [1.82, 2.24) is 10.2 Å². The van der Waals surface area contributed by atoms with Crippen molar-refractivity contribution in [2.45, 2.75) is 57.7 Å². The third-order valence-corrected chi connectivity index (χ3v) is 3.66. The highest BCUT2D eigenvalue weighted by Crippen LogP contribution is 2.39. The van der Waals surface area contributed by atoms with E-state index in [2.05, 4.69) is 11.4 Å². The largest absolute Gasteiger partial charge is 0.444 e. The fraction of sp³-hybridized carbons (Fsp3) is 0.857. The summed E-state index contributed by atoms with van der Waals surface area (Å²) in [5.41, 5.74) is -0.893. The average molecular weight is 265 g/mol. The molecule has 1 atom stereocenters. The lowest BCUT2D eigenvalue weighted by Crippen LogP contribution is -2.65. The molecule has 2 fully saturated rings. The lowest BCUT2D eigenvalue weighted by molar-refractivity contribution is 0.00279. The zero-order chi connectivity index (χ0) is 14.3. The molecule has 0 bridgehead atoms. The topological polar surface area (TPSA) is 65.4 Å². The molecule has 19 heavy (non-hydrogen) atoms. The molecule has 0 aromatic rings. The molecule has 0 aromatic carbocycles. The molecule has 1 saturated heterocycles. The normalized spacial score (nSPS) is 23.2. The quantitative estimate of drug-likeness (QED) is 0.846. The summed E-state index contributed by atoms with van der Waals surface area (Å²) < 4.78 is 5.30. The number of likely N-dealkylation sites (tertiary alicyclic amines) is 1. The van der Waals surface area contributed by atoms with E-state index in [1.54, 1.807) is 4.90 Å². The first kappa shape index (κ1) is 14.1. The van der Waals surface area contributed by atoms with Crippen LogP contribution in [0.3, 0.4) is 0 Å². The van der Waals surface area contributed by atoms with Gasteiger partial charge in [0.05, 0.1) is 6.07 Å². The number of carbonyl (C=O) groups excluding carboxylic acids is 1. The lowest BCUT2D eigenvalue weighted by Gasteiger charge is -2.43. The van der Waals surface area contributed by atoms with Gasteiger partial charge in [0.1, 0.15) is 11.1 Å². The van der Waals surface area contributed by atoms with E-state index in [1.165, 1.54) is 0 Å². The van der Waals surface area contributed by atoms with Crippen LogP contribution in [0.4, 0.5) is 4.79 Å². The summed E-state index contributed by atoms with van der Waals surface area (Å²) in [4.78, 5) is 13.5. The Labute approximate surface area is 114 Å². The second kappa shape index (κ2) is 4.68. The molecule has 5 nitrogen and oxygen atoms in total. The summed E-state index contributed by atoms with van der Waals surface area (Å²) in [6, 6.07) is 2.58. The molecule has 0 radical (unpaired) electrons. The van der Waals surface area contributed by atoms with Crippen LogP contribution in [-0.4, -0.2) is 41.3 Å². The van der Waals surface area contributed by atoms with Crippen LogP contribution < -0.4 is 5.32 Å². The van der Waals surface area contributed by atoms with Crippen molar-refractivity contribution in [1.29, 1.82) is 5.26 Å². The summed E-state index contributed by atoms with van der Waals surface area (Å²) in [7, 11) is 0. The van der Waals surface area contributed by atoms with Crippen LogP contribution in [0.5, 0.6) is 0 Å². The van der Waals surface area contributed by atoms with Gasteiger partial charge in [-0.25, -0.2) is 4.79 Å². The minimum Gasteiger partial charge on any atom is -0.444 e. The van der Waals surface area contributed by atoms with E-state index in [0.29, 0.717) is 19.0 Å². The summed E-state index contributed by atoms with van der Waals surface area (Å²) >= 11 is 0. The zero-order valence-electron chi connectivity index (χ0n) is 12.2. The second-order valence-corrected chi connectivity index (χ2v) is 6.82. The van der Waals surface area contributed by atoms with E-state index in [1.807, 2.05) is 27.7 Å². The molecular weight excluding hydrogens is 242 g/mol. The van der Waals surface area contributed by atoms with E-state index >= 15 is 0 Å². The monoisotopic (exact) mass is 265 g/mol. The molecule has 1 amide bonds. The molecule has 5 heteroatoms. The molecule has 1 N–H and O–H groups in total. The van der Waals surface area contributed by atoms with Gasteiger partial charge < -0.3 is 9.64 Å². The molecule has 106 valence electrons. The van der Waals surface area contributed by atoms with Gasteiger partial charge in [-0.3, -0.25) is 5.32 Å². The number of hydrogen-bond donors (Lipinski definition) is 1. The number of rotatable bonds is 3. The molecule has 0 unspecified atom stereocenters. The SMILES string of the molecule is CC(C)(C)OC(=O)N1CC(N[C@@](C)(C#N)C2CC2)C1. The van der Waals surface area contributed by atoms with Gasteiger partial charge in [-0.15, -0.1) is 0 Å². The Morgan fingerprint density at radius 1 is 1.32 bits per heavy atom. The van der Waals surface area contributed by atoms with Crippen molar-refractivity contribution in [2.75, 3.05) is 13.1 Å². The van der Waals surface area contributed by atoms with E-state index in [4.69, 9.17) is 4.74 Å². The predicted octanol–water partition coefficient (Wildman–Crippen LogP) is 1.89. The first-order valence-corrected chi connectivity index (χ1v) is 6.90. The number of carbonyl (C=O) groups is 1. The Kier molecular flexibility index (Phi) is 3.48. The summed E-state index contributed by atoms with van der Waals surface area (Å²) in [6.07, 6.45) is 1.98. The van der Waals surface area contributed by atoms with Crippen LogP contribution in [0.2, 0.25) is 0 Å². The van der Waals surface area contributed by atoms with Crippen molar-refractivity contribution < 1.29 is 9.53 Å². The highest BCUT2D eigenvalue weighted by Gasteiger charge is 2.45. The third kappa shape index (κ3) is 3.38. The van der Waals surface area contributed by atoms with Gasteiger partial charge in [0.25, 0.3) is 0 Å². The van der Waals surface area contributed by atoms with Crippen molar-refractivity contribution >= 4 is 6.09 Å². The molecule has 1 aliphatic carbocycles. The molecule has 2 aliphatic rings. The number of ether oxygens (including phenoxy) is 1. The van der Waals surface area contributed by atoms with Gasteiger partial charge in [0.2, 0.25) is 0 Å². The highest BCUT2D eigenvalue weighted by molar-refractivity contribution is 5.69. The van der Waals surface area contributed by atoms with Gasteiger partial charge in [-0.2, -0.15) is 5.26 Å². The second-order valence-electron chi connectivity index (χ2n) is 6.82. The number of hydrogen-bond acceptors (Lipinski definition) is 4. The Bertz CT molecular complexity index is 400. The summed E-state index contributed by atoms with van der Waals surface area (Å²) in [6.45, 7) is 8.79. The maximum atomic E-state index is 11.8. The lowest BCUT2D eigenvalue weighted by atomic mass is 9.95. The van der Waals surface area contributed by atoms with Crippen LogP contribution in [0.25, 0.3) is 0 Å². The maximum absolute atomic E-state index is 11.8. The summed E-state index contributed by atoms with van der Waals surface area (Å²) in [5, 5.41) is 12.7. The molecule has 2 rings (SSSR count). The van der Waals surface area contributed by atoms with Gasteiger partial charge in [0, 0.05) is 19.1 Å². The van der Waals surface area contributed by atoms with E-state index in [9.17, 15) is 10.1 Å². The van der Waals surface area contributed by atoms with Crippen molar-refractivity contribution in [3.63, 3.8) is 0 Å². The van der Waals surface area contributed by atoms with E-state index < -0.39 is 11.1 Å². The van der Waals surface area contributed by atoms with Gasteiger partial charge in [-0.05, 0) is 46.5 Å². The number of amides is 1. The van der Waals surface area contributed by atoms with Crippen molar-refractivity contribution in [3.8, 4) is 6.07 Å². The Hall–Kier alpha value is -1.28. The Morgan fingerprint density at radius 2 is 1.89 bits per heavy atom. The van der Waals surface area contributed by atoms with Gasteiger partial charge in [-0.1, -0.05) is 0 Å². The molecule has 0 spiro atoms. The number of nitrogens with one attached hydrogen (secondary N) is 1. The fourth-order valence-electron chi connectivity index (χ4n) is 2.37. The van der Waals surface area contributed by atoms with Crippen molar-refractivity contribution in [3.05, 3.63) is 0 Å². The molecule has 1 saturated carbocycles. The van der Waals surface area contributed by atoms with Crippen LogP contribution >= 0.6 is 0 Å².